The quantitative estimate of drug-likeness (QED) is 0.313. The first-order valence-corrected chi connectivity index (χ1v) is 7.90. The van der Waals surface area contributed by atoms with Crippen molar-refractivity contribution in [3.8, 4) is 11.5 Å². The predicted octanol–water partition coefficient (Wildman–Crippen LogP) is 4.62. The molecule has 0 saturated carbocycles. The number of hydrogen-bond donors (Lipinski definition) is 0. The molecule has 0 unspecified atom stereocenters. The molecule has 0 atom stereocenters. The smallest absolute Gasteiger partial charge is 0.344 e. The van der Waals surface area contributed by atoms with Gasteiger partial charge in [-0.2, -0.15) is 0 Å². The van der Waals surface area contributed by atoms with E-state index in [1.165, 1.54) is 0 Å². The van der Waals surface area contributed by atoms with Crippen LogP contribution in [0.4, 0.5) is 0 Å². The Labute approximate surface area is 144 Å². The van der Waals surface area contributed by atoms with Gasteiger partial charge in [-0.25, -0.2) is 9.78 Å². The number of rotatable bonds is 3. The fourth-order valence-electron chi connectivity index (χ4n) is 2.86. The van der Waals surface area contributed by atoms with E-state index in [1.807, 2.05) is 48.5 Å². The molecule has 4 rings (SSSR count). The summed E-state index contributed by atoms with van der Waals surface area (Å²) < 4.78 is 10.7. The summed E-state index contributed by atoms with van der Waals surface area (Å²) in [5, 5.41) is 1.56. The van der Waals surface area contributed by atoms with Crippen LogP contribution in [0.15, 0.2) is 72.8 Å². The summed E-state index contributed by atoms with van der Waals surface area (Å²) in [6.07, 6.45) is 0. The van der Waals surface area contributed by atoms with Crippen molar-refractivity contribution in [3.63, 3.8) is 0 Å². The fourth-order valence-corrected chi connectivity index (χ4v) is 2.86. The van der Waals surface area contributed by atoms with E-state index in [0.717, 1.165) is 21.8 Å². The molecule has 0 amide bonds. The second-order valence-corrected chi connectivity index (χ2v) is 5.59. The van der Waals surface area contributed by atoms with E-state index in [9.17, 15) is 4.79 Å². The molecule has 122 valence electrons. The molecule has 0 aliphatic heterocycles. The molecule has 0 bridgehead atoms. The highest BCUT2D eigenvalue weighted by Gasteiger charge is 2.17. The number of carbonyl (C=O) groups is 1. The van der Waals surface area contributed by atoms with Gasteiger partial charge in [0.15, 0.2) is 0 Å². The van der Waals surface area contributed by atoms with Crippen LogP contribution >= 0.6 is 0 Å². The zero-order chi connectivity index (χ0) is 17.2. The van der Waals surface area contributed by atoms with Crippen molar-refractivity contribution in [1.29, 1.82) is 0 Å². The molecule has 0 aliphatic carbocycles. The monoisotopic (exact) mass is 329 g/mol. The van der Waals surface area contributed by atoms with Gasteiger partial charge in [0.25, 0.3) is 0 Å². The molecule has 4 nitrogen and oxygen atoms in total. The van der Waals surface area contributed by atoms with Gasteiger partial charge in [-0.3, -0.25) is 0 Å². The van der Waals surface area contributed by atoms with Crippen LogP contribution in [0.5, 0.6) is 11.5 Å². The van der Waals surface area contributed by atoms with E-state index in [-0.39, 0.29) is 0 Å². The Kier molecular flexibility index (Phi) is 3.78. The Bertz CT molecular complexity index is 1020. The normalized spacial score (nSPS) is 10.8. The van der Waals surface area contributed by atoms with Crippen LogP contribution in [-0.2, 0) is 0 Å². The number of hydrogen-bond acceptors (Lipinski definition) is 4. The van der Waals surface area contributed by atoms with Crippen LogP contribution in [0.1, 0.15) is 10.4 Å². The van der Waals surface area contributed by atoms with Crippen molar-refractivity contribution in [2.24, 2.45) is 0 Å². The lowest BCUT2D eigenvalue weighted by molar-refractivity contribution is 0.0738. The number of pyridine rings is 1. The first kappa shape index (κ1) is 15.1. The predicted molar refractivity (Wildman–Crippen MR) is 97.2 cm³/mol. The van der Waals surface area contributed by atoms with Gasteiger partial charge in [0, 0.05) is 10.8 Å². The minimum absolute atomic E-state index is 0.403. The van der Waals surface area contributed by atoms with Gasteiger partial charge in [0.2, 0.25) is 0 Å². The molecule has 3 aromatic carbocycles. The van der Waals surface area contributed by atoms with Crippen molar-refractivity contribution in [2.45, 2.75) is 0 Å². The van der Waals surface area contributed by atoms with E-state index in [1.54, 1.807) is 31.4 Å². The Morgan fingerprint density at radius 1 is 0.760 bits per heavy atom. The number of methoxy groups -OCH3 is 1. The second-order valence-electron chi connectivity index (χ2n) is 5.59. The van der Waals surface area contributed by atoms with E-state index >= 15 is 0 Å². The van der Waals surface area contributed by atoms with E-state index in [2.05, 4.69) is 4.98 Å². The molecule has 1 heterocycles. The molecule has 0 N–H and O–H groups in total. The molecule has 0 aliphatic rings. The molecule has 0 spiro atoms. The first-order valence-electron chi connectivity index (χ1n) is 7.90. The molecular weight excluding hydrogens is 314 g/mol. The number of carbonyl (C=O) groups excluding carboxylic acids is 1. The Morgan fingerprint density at radius 2 is 1.28 bits per heavy atom. The molecule has 4 heteroatoms. The Morgan fingerprint density at radius 3 is 1.84 bits per heavy atom. The van der Waals surface area contributed by atoms with Crippen molar-refractivity contribution in [2.75, 3.05) is 7.11 Å². The van der Waals surface area contributed by atoms with Crippen LogP contribution in [-0.4, -0.2) is 18.1 Å². The van der Waals surface area contributed by atoms with Crippen LogP contribution < -0.4 is 9.47 Å². The lowest BCUT2D eigenvalue weighted by atomic mass is 10.0. The van der Waals surface area contributed by atoms with Crippen LogP contribution in [0.25, 0.3) is 21.8 Å². The highest BCUT2D eigenvalue weighted by molar-refractivity contribution is 6.14. The third-order valence-electron chi connectivity index (χ3n) is 4.06. The maximum atomic E-state index is 12.9. The number of ether oxygens (including phenoxy) is 2. The second kappa shape index (κ2) is 6.24. The average Bonchev–Trinajstić information content (AvgIpc) is 2.66. The van der Waals surface area contributed by atoms with Crippen LogP contribution in [0.2, 0.25) is 0 Å². The first-order chi connectivity index (χ1) is 12.3. The summed E-state index contributed by atoms with van der Waals surface area (Å²) in [6.45, 7) is 0. The average molecular weight is 329 g/mol. The van der Waals surface area contributed by atoms with Gasteiger partial charge in [-0.1, -0.05) is 36.4 Å². The zero-order valence-electron chi connectivity index (χ0n) is 13.6. The molecule has 1 aromatic heterocycles. The summed E-state index contributed by atoms with van der Waals surface area (Å²) in [5.41, 5.74) is 2.06. The number of para-hydroxylation sites is 2. The van der Waals surface area contributed by atoms with Gasteiger partial charge in [0.1, 0.15) is 11.5 Å². The van der Waals surface area contributed by atoms with Crippen molar-refractivity contribution in [1.82, 2.24) is 4.98 Å². The van der Waals surface area contributed by atoms with Gasteiger partial charge >= 0.3 is 5.97 Å². The maximum Gasteiger partial charge on any atom is 0.344 e. The highest BCUT2D eigenvalue weighted by Crippen LogP contribution is 2.27. The molecule has 0 radical (unpaired) electrons. The standard InChI is InChI=1S/C21H15NO3/c1-24-14-10-12-15(13-11-14)25-21(23)20-16-6-2-4-8-18(16)22-19-9-5-3-7-17(19)20/h2-13H,1H3. The fraction of sp³-hybridized carbons (Fsp3) is 0.0476. The number of fused-ring (bicyclic) bond motifs is 2. The van der Waals surface area contributed by atoms with Gasteiger partial charge < -0.3 is 9.47 Å². The van der Waals surface area contributed by atoms with Crippen molar-refractivity contribution in [3.05, 3.63) is 78.4 Å². The lowest BCUT2D eigenvalue weighted by Crippen LogP contribution is -2.10. The number of benzene rings is 3. The minimum Gasteiger partial charge on any atom is -0.497 e. The number of nitrogens with zero attached hydrogens (tertiary/aromatic N) is 1. The molecule has 0 fully saturated rings. The zero-order valence-corrected chi connectivity index (χ0v) is 13.6. The van der Waals surface area contributed by atoms with E-state index in [4.69, 9.17) is 9.47 Å². The summed E-state index contributed by atoms with van der Waals surface area (Å²) in [7, 11) is 1.59. The van der Waals surface area contributed by atoms with E-state index in [0.29, 0.717) is 17.1 Å². The lowest BCUT2D eigenvalue weighted by Gasteiger charge is -2.11. The van der Waals surface area contributed by atoms with Crippen molar-refractivity contribution >= 4 is 27.8 Å². The summed E-state index contributed by atoms with van der Waals surface area (Å²) in [4.78, 5) is 17.5. The van der Waals surface area contributed by atoms with Gasteiger partial charge in [-0.05, 0) is 36.4 Å². The van der Waals surface area contributed by atoms with Crippen LogP contribution in [0.3, 0.4) is 0 Å². The third-order valence-corrected chi connectivity index (χ3v) is 4.06. The summed E-state index contributed by atoms with van der Waals surface area (Å²) in [6, 6.07) is 22.1. The molecule has 0 saturated heterocycles. The summed E-state index contributed by atoms with van der Waals surface area (Å²) in [5.74, 6) is 0.773. The molecular formula is C21H15NO3. The topological polar surface area (TPSA) is 48.4 Å². The van der Waals surface area contributed by atoms with Gasteiger partial charge in [0.05, 0.1) is 23.7 Å². The number of esters is 1. The minimum atomic E-state index is -0.403. The molecule has 4 aromatic rings. The SMILES string of the molecule is COc1ccc(OC(=O)c2c3ccccc3nc3ccccc23)cc1. The third kappa shape index (κ3) is 2.78. The summed E-state index contributed by atoms with van der Waals surface area (Å²) >= 11 is 0. The van der Waals surface area contributed by atoms with Crippen LogP contribution in [0, 0.1) is 0 Å². The Balaban J connectivity index is 1.83. The van der Waals surface area contributed by atoms with Crippen molar-refractivity contribution < 1.29 is 14.3 Å². The van der Waals surface area contributed by atoms with Gasteiger partial charge in [-0.15, -0.1) is 0 Å². The number of aromatic nitrogens is 1. The maximum absolute atomic E-state index is 12.9. The molecule has 25 heavy (non-hydrogen) atoms. The Hall–Kier alpha value is -3.40. The van der Waals surface area contributed by atoms with E-state index < -0.39 is 5.97 Å². The highest BCUT2D eigenvalue weighted by atomic mass is 16.5. The largest absolute Gasteiger partial charge is 0.497 e.